The second-order valence-corrected chi connectivity index (χ2v) is 6.53. The SMILES string of the molecule is CC(CN1CCOCC1)NC1CSC(C)C1. The number of nitrogens with one attached hydrogen (secondary N) is 1. The molecule has 3 nitrogen and oxygen atoms in total. The Morgan fingerprint density at radius 3 is 2.81 bits per heavy atom. The maximum Gasteiger partial charge on any atom is 0.0594 e. The van der Waals surface area contributed by atoms with Crippen LogP contribution >= 0.6 is 11.8 Å². The number of hydrogen-bond acceptors (Lipinski definition) is 4. The molecule has 0 saturated carbocycles. The van der Waals surface area contributed by atoms with Gasteiger partial charge in [-0.15, -0.1) is 0 Å². The third kappa shape index (κ3) is 3.91. The summed E-state index contributed by atoms with van der Waals surface area (Å²) >= 11 is 2.10. The predicted molar refractivity (Wildman–Crippen MR) is 70.2 cm³/mol. The van der Waals surface area contributed by atoms with Gasteiger partial charge in [-0.1, -0.05) is 6.92 Å². The summed E-state index contributed by atoms with van der Waals surface area (Å²) in [4.78, 5) is 2.51. The first kappa shape index (κ1) is 12.7. The molecule has 0 aromatic carbocycles. The molecule has 2 heterocycles. The van der Waals surface area contributed by atoms with Gasteiger partial charge in [0.05, 0.1) is 13.2 Å². The van der Waals surface area contributed by atoms with Crippen LogP contribution in [-0.4, -0.2) is 60.8 Å². The molecule has 0 amide bonds. The highest BCUT2D eigenvalue weighted by molar-refractivity contribution is 8.00. The fourth-order valence-corrected chi connectivity index (χ4v) is 3.72. The summed E-state index contributed by atoms with van der Waals surface area (Å²) in [5.41, 5.74) is 0. The number of thioether (sulfide) groups is 1. The molecular weight excluding hydrogens is 220 g/mol. The van der Waals surface area contributed by atoms with Gasteiger partial charge in [0.1, 0.15) is 0 Å². The van der Waals surface area contributed by atoms with Crippen LogP contribution in [0.15, 0.2) is 0 Å². The van der Waals surface area contributed by atoms with Crippen LogP contribution in [0.2, 0.25) is 0 Å². The molecule has 2 fully saturated rings. The number of nitrogens with zero attached hydrogens (tertiary/aromatic N) is 1. The minimum Gasteiger partial charge on any atom is -0.379 e. The molecule has 0 aromatic rings. The van der Waals surface area contributed by atoms with E-state index < -0.39 is 0 Å². The van der Waals surface area contributed by atoms with E-state index >= 15 is 0 Å². The first-order valence-corrected chi connectivity index (χ1v) is 7.46. The summed E-state index contributed by atoms with van der Waals surface area (Å²) in [6.07, 6.45) is 1.33. The minimum absolute atomic E-state index is 0.606. The van der Waals surface area contributed by atoms with Crippen molar-refractivity contribution in [2.24, 2.45) is 0 Å². The van der Waals surface area contributed by atoms with Gasteiger partial charge in [0, 0.05) is 42.7 Å². The largest absolute Gasteiger partial charge is 0.379 e. The van der Waals surface area contributed by atoms with Crippen molar-refractivity contribution in [3.63, 3.8) is 0 Å². The number of morpholine rings is 1. The van der Waals surface area contributed by atoms with Crippen molar-refractivity contribution in [3.05, 3.63) is 0 Å². The number of rotatable bonds is 4. The van der Waals surface area contributed by atoms with Crippen LogP contribution in [0, 0.1) is 0 Å². The molecule has 2 saturated heterocycles. The normalized spacial score (nSPS) is 34.1. The van der Waals surface area contributed by atoms with Crippen LogP contribution in [0.3, 0.4) is 0 Å². The Morgan fingerprint density at radius 1 is 1.44 bits per heavy atom. The summed E-state index contributed by atoms with van der Waals surface area (Å²) in [6, 6.07) is 1.34. The standard InChI is InChI=1S/C12H24N2OS/c1-10(8-14-3-5-15-6-4-14)13-12-7-11(2)16-9-12/h10-13H,3-9H2,1-2H3. The van der Waals surface area contributed by atoms with Crippen molar-refractivity contribution in [2.45, 2.75) is 37.6 Å². The van der Waals surface area contributed by atoms with E-state index in [1.165, 1.54) is 18.7 Å². The van der Waals surface area contributed by atoms with Gasteiger partial charge in [-0.25, -0.2) is 0 Å². The van der Waals surface area contributed by atoms with Crippen LogP contribution in [-0.2, 0) is 4.74 Å². The van der Waals surface area contributed by atoms with E-state index in [1.807, 2.05) is 0 Å². The van der Waals surface area contributed by atoms with E-state index in [0.717, 1.165) is 37.6 Å². The molecule has 4 heteroatoms. The van der Waals surface area contributed by atoms with Gasteiger partial charge in [0.2, 0.25) is 0 Å². The van der Waals surface area contributed by atoms with Gasteiger partial charge in [-0.3, -0.25) is 4.90 Å². The average Bonchev–Trinajstić information content (AvgIpc) is 2.65. The van der Waals surface area contributed by atoms with Crippen LogP contribution in [0.25, 0.3) is 0 Å². The summed E-state index contributed by atoms with van der Waals surface area (Å²) in [7, 11) is 0. The first-order valence-electron chi connectivity index (χ1n) is 6.42. The lowest BCUT2D eigenvalue weighted by molar-refractivity contribution is 0.0340. The molecule has 2 rings (SSSR count). The third-order valence-electron chi connectivity index (χ3n) is 3.35. The second kappa shape index (κ2) is 6.24. The number of hydrogen-bond donors (Lipinski definition) is 1. The zero-order chi connectivity index (χ0) is 11.4. The van der Waals surface area contributed by atoms with Crippen molar-refractivity contribution in [3.8, 4) is 0 Å². The lowest BCUT2D eigenvalue weighted by atomic mass is 10.1. The first-order chi connectivity index (χ1) is 7.74. The van der Waals surface area contributed by atoms with E-state index in [4.69, 9.17) is 4.74 Å². The topological polar surface area (TPSA) is 24.5 Å². The Kier molecular flexibility index (Phi) is 4.95. The van der Waals surface area contributed by atoms with Crippen LogP contribution < -0.4 is 5.32 Å². The summed E-state index contributed by atoms with van der Waals surface area (Å²) in [5.74, 6) is 1.29. The van der Waals surface area contributed by atoms with Gasteiger partial charge in [-0.2, -0.15) is 11.8 Å². The molecule has 94 valence electrons. The Balaban J connectivity index is 1.65. The lowest BCUT2D eigenvalue weighted by Crippen LogP contribution is -2.47. The van der Waals surface area contributed by atoms with Crippen LogP contribution in [0.5, 0.6) is 0 Å². The van der Waals surface area contributed by atoms with E-state index in [0.29, 0.717) is 6.04 Å². The molecule has 2 aliphatic heterocycles. The van der Waals surface area contributed by atoms with E-state index in [2.05, 4.69) is 35.8 Å². The Labute approximate surface area is 103 Å². The van der Waals surface area contributed by atoms with E-state index in [1.54, 1.807) is 0 Å². The lowest BCUT2D eigenvalue weighted by Gasteiger charge is -2.30. The Hall–Kier alpha value is 0.230. The third-order valence-corrected chi connectivity index (χ3v) is 4.71. The molecule has 3 atom stereocenters. The van der Waals surface area contributed by atoms with Crippen molar-refractivity contribution < 1.29 is 4.74 Å². The predicted octanol–water partition coefficient (Wildman–Crippen LogP) is 1.19. The van der Waals surface area contributed by atoms with Crippen molar-refractivity contribution in [2.75, 3.05) is 38.6 Å². The van der Waals surface area contributed by atoms with Crippen molar-refractivity contribution >= 4 is 11.8 Å². The van der Waals surface area contributed by atoms with Gasteiger partial charge >= 0.3 is 0 Å². The fourth-order valence-electron chi connectivity index (χ4n) is 2.56. The minimum atomic E-state index is 0.606. The quantitative estimate of drug-likeness (QED) is 0.803. The molecular formula is C12H24N2OS. The zero-order valence-corrected chi connectivity index (χ0v) is 11.3. The molecule has 1 N–H and O–H groups in total. The van der Waals surface area contributed by atoms with Crippen molar-refractivity contribution in [1.29, 1.82) is 0 Å². The Bertz CT molecular complexity index is 202. The summed E-state index contributed by atoms with van der Waals surface area (Å²) in [5, 5.41) is 4.59. The summed E-state index contributed by atoms with van der Waals surface area (Å²) in [6.45, 7) is 9.82. The zero-order valence-electron chi connectivity index (χ0n) is 10.4. The maximum atomic E-state index is 5.36. The molecule has 2 aliphatic rings. The molecule has 3 unspecified atom stereocenters. The fraction of sp³-hybridized carbons (Fsp3) is 1.00. The highest BCUT2D eigenvalue weighted by atomic mass is 32.2. The van der Waals surface area contributed by atoms with E-state index in [9.17, 15) is 0 Å². The molecule has 0 bridgehead atoms. The Morgan fingerprint density at radius 2 is 2.19 bits per heavy atom. The van der Waals surface area contributed by atoms with Crippen LogP contribution in [0.1, 0.15) is 20.3 Å². The second-order valence-electron chi connectivity index (χ2n) is 5.06. The highest BCUT2D eigenvalue weighted by Gasteiger charge is 2.23. The molecule has 0 radical (unpaired) electrons. The van der Waals surface area contributed by atoms with Gasteiger partial charge in [0.15, 0.2) is 0 Å². The maximum absolute atomic E-state index is 5.36. The average molecular weight is 244 g/mol. The van der Waals surface area contributed by atoms with Gasteiger partial charge in [-0.05, 0) is 13.3 Å². The molecule has 0 spiro atoms. The monoisotopic (exact) mass is 244 g/mol. The smallest absolute Gasteiger partial charge is 0.0594 e. The number of ether oxygens (including phenoxy) is 1. The van der Waals surface area contributed by atoms with Crippen molar-refractivity contribution in [1.82, 2.24) is 10.2 Å². The summed E-state index contributed by atoms with van der Waals surface area (Å²) < 4.78 is 5.36. The van der Waals surface area contributed by atoms with Gasteiger partial charge in [0.25, 0.3) is 0 Å². The van der Waals surface area contributed by atoms with Gasteiger partial charge < -0.3 is 10.1 Å². The van der Waals surface area contributed by atoms with E-state index in [-0.39, 0.29) is 0 Å². The molecule has 0 aliphatic carbocycles. The highest BCUT2D eigenvalue weighted by Crippen LogP contribution is 2.26. The molecule has 0 aromatic heterocycles. The molecule has 16 heavy (non-hydrogen) atoms. The van der Waals surface area contributed by atoms with Crippen LogP contribution in [0.4, 0.5) is 0 Å².